The van der Waals surface area contributed by atoms with Crippen molar-refractivity contribution in [3.8, 4) is 0 Å². The van der Waals surface area contributed by atoms with Crippen LogP contribution in [0, 0.1) is 5.41 Å². The fourth-order valence-electron chi connectivity index (χ4n) is 2.10. The van der Waals surface area contributed by atoms with Crippen LogP contribution in [-0.4, -0.2) is 28.8 Å². The molecule has 4 atom stereocenters. The van der Waals surface area contributed by atoms with Gasteiger partial charge in [-0.1, -0.05) is 6.08 Å². The topological polar surface area (TPSA) is 37.3 Å². The van der Waals surface area contributed by atoms with Crippen molar-refractivity contribution < 1.29 is 18.7 Å². The molecule has 1 aliphatic carbocycles. The van der Waals surface area contributed by atoms with Gasteiger partial charge >= 0.3 is 0 Å². The minimum Gasteiger partial charge on any atom is -0.390 e. The summed E-state index contributed by atoms with van der Waals surface area (Å²) in [4.78, 5) is 11.2. The van der Waals surface area contributed by atoms with Gasteiger partial charge in [-0.3, -0.25) is 4.79 Å². The van der Waals surface area contributed by atoms with Crippen LogP contribution in [-0.2, 0) is 4.79 Å². The Hall–Kier alpha value is -1.03. The number of ketones is 1. The number of aliphatic hydroxyl groups excluding tert-OH is 1. The van der Waals surface area contributed by atoms with Gasteiger partial charge in [-0.25, -0.2) is 8.78 Å². The molecule has 4 unspecified atom stereocenters. The monoisotopic (exact) mass is 244 g/mol. The van der Waals surface area contributed by atoms with E-state index in [0.717, 1.165) is 6.08 Å². The molecule has 0 spiro atoms. The summed E-state index contributed by atoms with van der Waals surface area (Å²) in [5, 5.41) is 9.52. The molecule has 1 rings (SSSR count). The lowest BCUT2D eigenvalue weighted by Gasteiger charge is -2.43. The smallest absolute Gasteiger partial charge is 0.178 e. The zero-order chi connectivity index (χ0) is 13.4. The van der Waals surface area contributed by atoms with E-state index in [4.69, 9.17) is 0 Å². The van der Waals surface area contributed by atoms with Crippen molar-refractivity contribution in [1.29, 1.82) is 0 Å². The molecule has 0 saturated carbocycles. The molecule has 0 aromatic rings. The highest BCUT2D eigenvalue weighted by Gasteiger charge is 2.51. The number of carbonyl (C=O) groups excluding carboxylic acids is 1. The summed E-state index contributed by atoms with van der Waals surface area (Å²) in [6, 6.07) is 0. The highest BCUT2D eigenvalue weighted by atomic mass is 19.1. The van der Waals surface area contributed by atoms with E-state index in [9.17, 15) is 18.7 Å². The fourth-order valence-corrected chi connectivity index (χ4v) is 2.10. The Morgan fingerprint density at radius 3 is 2.41 bits per heavy atom. The third-order valence-corrected chi connectivity index (χ3v) is 3.71. The van der Waals surface area contributed by atoms with E-state index in [1.165, 1.54) is 39.8 Å². The number of aliphatic hydroxyl groups is 1. The Kier molecular flexibility index (Phi) is 3.58. The zero-order valence-electron chi connectivity index (χ0n) is 10.5. The lowest BCUT2D eigenvalue weighted by atomic mass is 9.65. The summed E-state index contributed by atoms with van der Waals surface area (Å²) >= 11 is 0. The SMILES string of the molecule is CC(F)C1=CC(=O)C=CC1(C)C(C)(F)C(C)O. The van der Waals surface area contributed by atoms with Crippen LogP contribution in [0.3, 0.4) is 0 Å². The molecule has 0 aromatic carbocycles. The van der Waals surface area contributed by atoms with Crippen molar-refractivity contribution in [2.75, 3.05) is 0 Å². The van der Waals surface area contributed by atoms with Crippen molar-refractivity contribution >= 4 is 5.78 Å². The van der Waals surface area contributed by atoms with Gasteiger partial charge in [0.2, 0.25) is 0 Å². The van der Waals surface area contributed by atoms with Gasteiger partial charge < -0.3 is 5.11 Å². The average Bonchev–Trinajstić information content (AvgIpc) is 2.21. The number of alkyl halides is 2. The Bertz CT molecular complexity index is 381. The lowest BCUT2D eigenvalue weighted by Crippen LogP contribution is -2.50. The second kappa shape index (κ2) is 4.33. The van der Waals surface area contributed by atoms with Crippen molar-refractivity contribution in [2.24, 2.45) is 5.41 Å². The van der Waals surface area contributed by atoms with Crippen LogP contribution in [0.25, 0.3) is 0 Å². The summed E-state index contributed by atoms with van der Waals surface area (Å²) in [5.41, 5.74) is -3.30. The molecule has 0 amide bonds. The highest BCUT2D eigenvalue weighted by molar-refractivity contribution is 6.01. The van der Waals surface area contributed by atoms with Crippen LogP contribution in [0.2, 0.25) is 0 Å². The van der Waals surface area contributed by atoms with E-state index in [-0.39, 0.29) is 11.4 Å². The summed E-state index contributed by atoms with van der Waals surface area (Å²) in [5.74, 6) is -0.358. The van der Waals surface area contributed by atoms with Gasteiger partial charge in [-0.05, 0) is 45.4 Å². The second-order valence-electron chi connectivity index (χ2n) is 4.91. The average molecular weight is 244 g/mol. The second-order valence-corrected chi connectivity index (χ2v) is 4.91. The molecule has 17 heavy (non-hydrogen) atoms. The van der Waals surface area contributed by atoms with Gasteiger partial charge in [0.1, 0.15) is 11.8 Å². The van der Waals surface area contributed by atoms with E-state index >= 15 is 0 Å². The molecule has 0 heterocycles. The van der Waals surface area contributed by atoms with Crippen LogP contribution in [0.1, 0.15) is 27.7 Å². The summed E-state index contributed by atoms with van der Waals surface area (Å²) < 4.78 is 28.1. The zero-order valence-corrected chi connectivity index (χ0v) is 10.5. The Balaban J connectivity index is 3.31. The molecule has 0 bridgehead atoms. The molecule has 4 heteroatoms. The summed E-state index contributed by atoms with van der Waals surface area (Å²) in [7, 11) is 0. The van der Waals surface area contributed by atoms with Gasteiger partial charge in [0.15, 0.2) is 5.78 Å². The van der Waals surface area contributed by atoms with Crippen LogP contribution in [0.15, 0.2) is 23.8 Å². The first-order chi connectivity index (χ1) is 7.63. The number of allylic oxidation sites excluding steroid dienone is 4. The van der Waals surface area contributed by atoms with E-state index in [2.05, 4.69) is 0 Å². The van der Waals surface area contributed by atoms with Crippen molar-refractivity contribution in [1.82, 2.24) is 0 Å². The Morgan fingerprint density at radius 1 is 1.47 bits per heavy atom. The van der Waals surface area contributed by atoms with E-state index in [1.54, 1.807) is 0 Å². The summed E-state index contributed by atoms with van der Waals surface area (Å²) in [6.07, 6.45) is 0.958. The fraction of sp³-hybridized carbons (Fsp3) is 0.615. The van der Waals surface area contributed by atoms with Crippen molar-refractivity contribution in [2.45, 2.75) is 45.6 Å². The van der Waals surface area contributed by atoms with E-state index < -0.39 is 23.4 Å². The molecule has 0 saturated heterocycles. The van der Waals surface area contributed by atoms with Crippen LogP contribution < -0.4 is 0 Å². The first kappa shape index (κ1) is 14.0. The molecule has 96 valence electrons. The first-order valence-electron chi connectivity index (χ1n) is 5.59. The minimum atomic E-state index is -2.05. The molecule has 1 aliphatic rings. The third-order valence-electron chi connectivity index (χ3n) is 3.71. The molecule has 0 aromatic heterocycles. The maximum Gasteiger partial charge on any atom is 0.178 e. The van der Waals surface area contributed by atoms with Crippen molar-refractivity contribution in [3.05, 3.63) is 23.8 Å². The van der Waals surface area contributed by atoms with Gasteiger partial charge in [-0.15, -0.1) is 0 Å². The van der Waals surface area contributed by atoms with Crippen LogP contribution in [0.4, 0.5) is 8.78 Å². The quantitative estimate of drug-likeness (QED) is 0.828. The van der Waals surface area contributed by atoms with E-state index in [1.807, 2.05) is 0 Å². The maximum absolute atomic E-state index is 14.6. The van der Waals surface area contributed by atoms with Gasteiger partial charge in [-0.2, -0.15) is 0 Å². The standard InChI is InChI=1S/C13H18F2O2/c1-8(14)11-7-10(17)5-6-12(11,3)13(4,15)9(2)16/h5-9,16H,1-4H3. The largest absolute Gasteiger partial charge is 0.390 e. The molecular formula is C13H18F2O2. The normalized spacial score (nSPS) is 31.7. The summed E-state index contributed by atoms with van der Waals surface area (Å²) in [6.45, 7) is 5.28. The highest BCUT2D eigenvalue weighted by Crippen LogP contribution is 2.47. The number of halogens is 2. The maximum atomic E-state index is 14.6. The van der Waals surface area contributed by atoms with E-state index in [0.29, 0.717) is 0 Å². The Morgan fingerprint density at radius 2 is 2.00 bits per heavy atom. The minimum absolute atomic E-state index is 0.0656. The predicted molar refractivity (Wildman–Crippen MR) is 62.1 cm³/mol. The van der Waals surface area contributed by atoms with Crippen LogP contribution >= 0.6 is 0 Å². The van der Waals surface area contributed by atoms with Gasteiger partial charge in [0.25, 0.3) is 0 Å². The third kappa shape index (κ3) is 2.18. The number of hydrogen-bond donors (Lipinski definition) is 1. The van der Waals surface area contributed by atoms with Crippen LogP contribution in [0.5, 0.6) is 0 Å². The molecular weight excluding hydrogens is 226 g/mol. The lowest BCUT2D eigenvalue weighted by molar-refractivity contribution is -0.111. The first-order valence-corrected chi connectivity index (χ1v) is 5.59. The number of carbonyl (C=O) groups is 1. The predicted octanol–water partition coefficient (Wildman–Crippen LogP) is 2.53. The molecule has 1 N–H and O–H groups in total. The number of hydrogen-bond acceptors (Lipinski definition) is 2. The number of rotatable bonds is 3. The Labute approximate surface area is 100 Å². The molecule has 0 aliphatic heterocycles. The molecule has 0 fully saturated rings. The van der Waals surface area contributed by atoms with Gasteiger partial charge in [0, 0.05) is 5.41 Å². The van der Waals surface area contributed by atoms with Gasteiger partial charge in [0.05, 0.1) is 6.10 Å². The molecule has 2 nitrogen and oxygen atoms in total. The van der Waals surface area contributed by atoms with Crippen molar-refractivity contribution in [3.63, 3.8) is 0 Å². The molecule has 0 radical (unpaired) electrons.